The van der Waals surface area contributed by atoms with Crippen molar-refractivity contribution in [3.05, 3.63) is 47.8 Å². The maximum Gasteiger partial charge on any atom is 0.213 e. The fourth-order valence-corrected chi connectivity index (χ4v) is 2.66. The van der Waals surface area contributed by atoms with E-state index >= 15 is 0 Å². The van der Waals surface area contributed by atoms with Crippen LogP contribution in [0.2, 0.25) is 0 Å². The van der Waals surface area contributed by atoms with Crippen LogP contribution in [-0.4, -0.2) is 33.2 Å². The van der Waals surface area contributed by atoms with Crippen LogP contribution in [0.3, 0.4) is 0 Å². The van der Waals surface area contributed by atoms with Gasteiger partial charge >= 0.3 is 0 Å². The normalized spacial score (nSPS) is 11.5. The summed E-state index contributed by atoms with van der Waals surface area (Å²) in [5, 5.41) is 7.95. The minimum absolute atomic E-state index is 0.0158. The summed E-state index contributed by atoms with van der Waals surface area (Å²) in [5.41, 5.74) is 3.32. The van der Waals surface area contributed by atoms with Crippen LogP contribution < -0.4 is 0 Å². The highest BCUT2D eigenvalue weighted by Crippen LogP contribution is 2.27. The number of aromatic amines is 1. The molecule has 2 aromatic heterocycles. The molecule has 0 fully saturated rings. The standard InChI is InChI=1S/C20H22N4O2/c1-5-26-18(21)13-8-6-7-12(9-13)15-11-23-19-16(24-15)14(10-22-19)17(25)20(2,3)4/h6-11,21H,5H2,1-4H3,(H,22,23). The van der Waals surface area contributed by atoms with E-state index in [2.05, 4.69) is 15.0 Å². The zero-order valence-corrected chi connectivity index (χ0v) is 15.4. The van der Waals surface area contributed by atoms with Gasteiger partial charge in [-0.1, -0.05) is 32.9 Å². The first kappa shape index (κ1) is 17.8. The number of carbonyl (C=O) groups excluding carboxylic acids is 1. The predicted octanol–water partition coefficient (Wildman–Crippen LogP) is 4.22. The quantitative estimate of drug-likeness (QED) is 0.419. The summed E-state index contributed by atoms with van der Waals surface area (Å²) in [6.45, 7) is 7.94. The SMILES string of the molecule is CCOC(=N)c1cccc(-c2cnc3[nH]cc(C(=O)C(C)(C)C)c3n2)c1. The van der Waals surface area contributed by atoms with Crippen LogP contribution in [0.25, 0.3) is 22.4 Å². The number of H-pyrrole nitrogens is 1. The maximum atomic E-state index is 12.7. The topological polar surface area (TPSA) is 91.7 Å². The number of ketones is 1. The van der Waals surface area contributed by atoms with Gasteiger partial charge in [0.15, 0.2) is 11.4 Å². The van der Waals surface area contributed by atoms with Crippen molar-refractivity contribution in [1.29, 1.82) is 5.41 Å². The third-order valence-corrected chi connectivity index (χ3v) is 4.02. The van der Waals surface area contributed by atoms with Crippen molar-refractivity contribution in [1.82, 2.24) is 15.0 Å². The summed E-state index contributed by atoms with van der Waals surface area (Å²) in [4.78, 5) is 24.7. The second kappa shape index (κ2) is 6.71. The molecule has 0 saturated heterocycles. The van der Waals surface area contributed by atoms with Crippen molar-refractivity contribution in [2.75, 3.05) is 6.61 Å². The van der Waals surface area contributed by atoms with E-state index in [1.165, 1.54) is 0 Å². The molecular weight excluding hydrogens is 328 g/mol. The first-order valence-corrected chi connectivity index (χ1v) is 8.52. The summed E-state index contributed by atoms with van der Waals surface area (Å²) in [6.07, 6.45) is 3.33. The number of benzene rings is 1. The number of Topliss-reactive ketones (excluding diaryl/α,β-unsaturated/α-hetero) is 1. The molecule has 6 nitrogen and oxygen atoms in total. The van der Waals surface area contributed by atoms with Crippen LogP contribution >= 0.6 is 0 Å². The molecule has 0 amide bonds. The number of hydrogen-bond acceptors (Lipinski definition) is 5. The van der Waals surface area contributed by atoms with Crippen LogP contribution in [0.4, 0.5) is 0 Å². The Morgan fingerprint density at radius 1 is 1.31 bits per heavy atom. The number of hydrogen-bond donors (Lipinski definition) is 2. The molecule has 0 aliphatic rings. The Morgan fingerprint density at radius 2 is 2.08 bits per heavy atom. The maximum absolute atomic E-state index is 12.7. The fraction of sp³-hybridized carbons (Fsp3) is 0.300. The molecule has 3 aromatic rings. The molecule has 0 aliphatic carbocycles. The minimum atomic E-state index is -0.501. The van der Waals surface area contributed by atoms with E-state index in [-0.39, 0.29) is 11.7 Å². The molecule has 0 spiro atoms. The summed E-state index contributed by atoms with van der Waals surface area (Å²) < 4.78 is 5.26. The van der Waals surface area contributed by atoms with Crippen molar-refractivity contribution in [2.24, 2.45) is 5.41 Å². The highest BCUT2D eigenvalue weighted by atomic mass is 16.5. The third-order valence-electron chi connectivity index (χ3n) is 4.02. The zero-order valence-electron chi connectivity index (χ0n) is 15.4. The van der Waals surface area contributed by atoms with Crippen molar-refractivity contribution in [2.45, 2.75) is 27.7 Å². The first-order chi connectivity index (χ1) is 12.3. The second-order valence-corrected chi connectivity index (χ2v) is 7.08. The van der Waals surface area contributed by atoms with E-state index in [9.17, 15) is 4.79 Å². The molecule has 0 unspecified atom stereocenters. The molecule has 3 rings (SSSR count). The number of fused-ring (bicyclic) bond motifs is 1. The molecule has 6 heteroatoms. The Labute approximate surface area is 152 Å². The Balaban J connectivity index is 2.06. The van der Waals surface area contributed by atoms with Crippen LogP contribution in [0.15, 0.2) is 36.7 Å². The molecule has 134 valence electrons. The van der Waals surface area contributed by atoms with Crippen molar-refractivity contribution >= 4 is 22.8 Å². The van der Waals surface area contributed by atoms with Gasteiger partial charge in [-0.25, -0.2) is 9.97 Å². The number of rotatable bonds is 4. The molecule has 0 bridgehead atoms. The van der Waals surface area contributed by atoms with Crippen LogP contribution in [0, 0.1) is 10.8 Å². The lowest BCUT2D eigenvalue weighted by Crippen LogP contribution is -2.20. The fourth-order valence-electron chi connectivity index (χ4n) is 2.66. The molecular formula is C20H22N4O2. The Kier molecular flexibility index (Phi) is 4.59. The number of nitrogens with zero attached hydrogens (tertiary/aromatic N) is 2. The Bertz CT molecular complexity index is 983. The van der Waals surface area contributed by atoms with E-state index < -0.39 is 5.41 Å². The predicted molar refractivity (Wildman–Crippen MR) is 102 cm³/mol. The molecule has 0 radical (unpaired) electrons. The highest BCUT2D eigenvalue weighted by Gasteiger charge is 2.26. The minimum Gasteiger partial charge on any atom is -0.478 e. The van der Waals surface area contributed by atoms with Gasteiger partial charge in [0.1, 0.15) is 5.52 Å². The van der Waals surface area contributed by atoms with Gasteiger partial charge < -0.3 is 9.72 Å². The van der Waals surface area contributed by atoms with E-state index in [4.69, 9.17) is 10.1 Å². The summed E-state index contributed by atoms with van der Waals surface area (Å²) in [6, 6.07) is 7.41. The smallest absolute Gasteiger partial charge is 0.213 e. The van der Waals surface area contributed by atoms with Crippen molar-refractivity contribution in [3.63, 3.8) is 0 Å². The summed E-state index contributed by atoms with van der Waals surface area (Å²) >= 11 is 0. The molecule has 2 N–H and O–H groups in total. The molecule has 0 saturated carbocycles. The van der Waals surface area contributed by atoms with Gasteiger partial charge in [-0.05, 0) is 19.1 Å². The van der Waals surface area contributed by atoms with Crippen LogP contribution in [0.1, 0.15) is 43.6 Å². The number of nitrogens with one attached hydrogen (secondary N) is 2. The summed E-state index contributed by atoms with van der Waals surface area (Å²) in [7, 11) is 0. The van der Waals surface area contributed by atoms with Gasteiger partial charge in [0, 0.05) is 22.7 Å². The number of carbonyl (C=O) groups is 1. The largest absolute Gasteiger partial charge is 0.478 e. The second-order valence-electron chi connectivity index (χ2n) is 7.08. The zero-order chi connectivity index (χ0) is 18.9. The number of aromatic nitrogens is 3. The molecule has 2 heterocycles. The average molecular weight is 350 g/mol. The van der Waals surface area contributed by atoms with Gasteiger partial charge in [0.05, 0.1) is 24.1 Å². The van der Waals surface area contributed by atoms with Gasteiger partial charge in [0.25, 0.3) is 0 Å². The summed E-state index contributed by atoms with van der Waals surface area (Å²) in [5.74, 6) is 0.135. The van der Waals surface area contributed by atoms with Crippen LogP contribution in [-0.2, 0) is 4.74 Å². The molecule has 1 aromatic carbocycles. The highest BCUT2D eigenvalue weighted by molar-refractivity contribution is 6.08. The van der Waals surface area contributed by atoms with Crippen molar-refractivity contribution in [3.8, 4) is 11.3 Å². The first-order valence-electron chi connectivity index (χ1n) is 8.52. The lowest BCUT2D eigenvalue weighted by Gasteiger charge is -2.15. The third kappa shape index (κ3) is 3.35. The number of ether oxygens (including phenoxy) is 1. The monoisotopic (exact) mass is 350 g/mol. The van der Waals surface area contributed by atoms with E-state index in [1.54, 1.807) is 12.4 Å². The van der Waals surface area contributed by atoms with E-state index in [1.807, 2.05) is 52.0 Å². The van der Waals surface area contributed by atoms with Gasteiger partial charge in [-0.15, -0.1) is 0 Å². The molecule has 0 atom stereocenters. The Hall–Kier alpha value is -3.02. The lowest BCUT2D eigenvalue weighted by atomic mass is 9.87. The van der Waals surface area contributed by atoms with E-state index in [0.717, 1.165) is 5.56 Å². The van der Waals surface area contributed by atoms with Crippen molar-refractivity contribution < 1.29 is 9.53 Å². The lowest BCUT2D eigenvalue weighted by molar-refractivity contribution is 0.0860. The Morgan fingerprint density at radius 3 is 2.77 bits per heavy atom. The molecule has 0 aliphatic heterocycles. The van der Waals surface area contributed by atoms with Gasteiger partial charge in [-0.2, -0.15) is 0 Å². The van der Waals surface area contributed by atoms with Gasteiger partial charge in [-0.3, -0.25) is 10.2 Å². The molecule has 26 heavy (non-hydrogen) atoms. The van der Waals surface area contributed by atoms with Gasteiger partial charge in [0.2, 0.25) is 5.90 Å². The van der Waals surface area contributed by atoms with Crippen LogP contribution in [0.5, 0.6) is 0 Å². The van der Waals surface area contributed by atoms with E-state index in [0.29, 0.717) is 34.6 Å². The average Bonchev–Trinajstić information content (AvgIpc) is 3.03.